The standard InChI is InChI=1S/C16H27N5/c1-6-20-10-15(8-18-20)11-21-14(5)16(13(4)19-21)9-17-7-12(2)3/h8,10,12,17H,6-7,9,11H2,1-5H3. The van der Waals surface area contributed by atoms with E-state index in [0.717, 1.165) is 31.9 Å². The van der Waals surface area contributed by atoms with E-state index in [1.165, 1.54) is 16.8 Å². The molecule has 0 aliphatic heterocycles. The first kappa shape index (κ1) is 15.8. The molecule has 0 bridgehead atoms. The molecule has 1 N–H and O–H groups in total. The van der Waals surface area contributed by atoms with Crippen LogP contribution in [0.25, 0.3) is 0 Å². The van der Waals surface area contributed by atoms with Gasteiger partial charge >= 0.3 is 0 Å². The van der Waals surface area contributed by atoms with E-state index >= 15 is 0 Å². The van der Waals surface area contributed by atoms with Gasteiger partial charge in [0.15, 0.2) is 0 Å². The minimum Gasteiger partial charge on any atom is -0.312 e. The minimum absolute atomic E-state index is 0.667. The fraction of sp³-hybridized carbons (Fsp3) is 0.625. The van der Waals surface area contributed by atoms with Crippen molar-refractivity contribution in [3.05, 3.63) is 34.9 Å². The predicted octanol–water partition coefficient (Wildman–Crippen LogP) is 2.51. The van der Waals surface area contributed by atoms with Crippen LogP contribution in [0, 0.1) is 19.8 Å². The third kappa shape index (κ3) is 3.94. The third-order valence-corrected chi connectivity index (χ3v) is 3.73. The SMILES string of the molecule is CCn1cc(Cn2nc(C)c(CNCC(C)C)c2C)cn1. The van der Waals surface area contributed by atoms with E-state index in [1.807, 2.05) is 10.9 Å². The van der Waals surface area contributed by atoms with Crippen LogP contribution in [0.15, 0.2) is 12.4 Å². The van der Waals surface area contributed by atoms with Crippen molar-refractivity contribution >= 4 is 0 Å². The zero-order chi connectivity index (χ0) is 15.4. The molecule has 0 radical (unpaired) electrons. The summed E-state index contributed by atoms with van der Waals surface area (Å²) < 4.78 is 4.03. The first-order chi connectivity index (χ1) is 10.0. The summed E-state index contributed by atoms with van der Waals surface area (Å²) in [5.74, 6) is 0.667. The van der Waals surface area contributed by atoms with Gasteiger partial charge in [-0.15, -0.1) is 0 Å². The van der Waals surface area contributed by atoms with Crippen LogP contribution in [0.1, 0.15) is 43.3 Å². The van der Waals surface area contributed by atoms with Gasteiger partial charge in [0.05, 0.1) is 18.4 Å². The van der Waals surface area contributed by atoms with E-state index in [4.69, 9.17) is 0 Å². The second-order valence-electron chi connectivity index (χ2n) is 6.04. The third-order valence-electron chi connectivity index (χ3n) is 3.73. The van der Waals surface area contributed by atoms with Crippen LogP contribution in [0.5, 0.6) is 0 Å². The molecular formula is C16H27N5. The first-order valence-corrected chi connectivity index (χ1v) is 7.76. The normalized spacial score (nSPS) is 11.5. The van der Waals surface area contributed by atoms with E-state index in [1.54, 1.807) is 0 Å². The number of nitrogens with one attached hydrogen (secondary N) is 1. The van der Waals surface area contributed by atoms with Gasteiger partial charge in [0, 0.05) is 36.1 Å². The Labute approximate surface area is 127 Å². The maximum atomic E-state index is 4.68. The van der Waals surface area contributed by atoms with Gasteiger partial charge in [-0.05, 0) is 33.2 Å². The number of hydrogen-bond donors (Lipinski definition) is 1. The molecule has 0 saturated heterocycles. The van der Waals surface area contributed by atoms with Crippen LogP contribution in [-0.2, 0) is 19.6 Å². The Morgan fingerprint density at radius 2 is 2.05 bits per heavy atom. The van der Waals surface area contributed by atoms with Crippen molar-refractivity contribution in [1.82, 2.24) is 24.9 Å². The molecule has 0 unspecified atom stereocenters. The van der Waals surface area contributed by atoms with E-state index in [9.17, 15) is 0 Å². The second-order valence-corrected chi connectivity index (χ2v) is 6.04. The number of nitrogens with zero attached hydrogens (tertiary/aromatic N) is 4. The summed E-state index contributed by atoms with van der Waals surface area (Å²) in [6.07, 6.45) is 4.02. The summed E-state index contributed by atoms with van der Waals surface area (Å²) in [6.45, 7) is 14.4. The van der Waals surface area contributed by atoms with E-state index < -0.39 is 0 Å². The summed E-state index contributed by atoms with van der Waals surface area (Å²) in [6, 6.07) is 0. The van der Waals surface area contributed by atoms with Gasteiger partial charge in [0.25, 0.3) is 0 Å². The van der Waals surface area contributed by atoms with Crippen LogP contribution in [-0.4, -0.2) is 26.1 Å². The highest BCUT2D eigenvalue weighted by Crippen LogP contribution is 2.14. The van der Waals surface area contributed by atoms with Gasteiger partial charge in [0.1, 0.15) is 0 Å². The Morgan fingerprint density at radius 3 is 2.67 bits per heavy atom. The summed E-state index contributed by atoms with van der Waals surface area (Å²) in [4.78, 5) is 0. The number of aromatic nitrogens is 4. The first-order valence-electron chi connectivity index (χ1n) is 7.76. The largest absolute Gasteiger partial charge is 0.312 e. The quantitative estimate of drug-likeness (QED) is 0.852. The Bertz CT molecular complexity index is 580. The summed E-state index contributed by atoms with van der Waals surface area (Å²) in [5.41, 5.74) is 4.88. The molecule has 5 nitrogen and oxygen atoms in total. The molecular weight excluding hydrogens is 262 g/mol. The van der Waals surface area contributed by atoms with Crippen LogP contribution in [0.2, 0.25) is 0 Å². The molecule has 0 fully saturated rings. The second kappa shape index (κ2) is 6.89. The van der Waals surface area contributed by atoms with Crippen molar-refractivity contribution in [2.24, 2.45) is 5.92 Å². The van der Waals surface area contributed by atoms with Gasteiger partial charge in [-0.25, -0.2) is 0 Å². The maximum absolute atomic E-state index is 4.68. The molecule has 21 heavy (non-hydrogen) atoms. The van der Waals surface area contributed by atoms with Gasteiger partial charge in [-0.2, -0.15) is 10.2 Å². The molecule has 0 amide bonds. The lowest BCUT2D eigenvalue weighted by molar-refractivity contribution is 0.550. The molecule has 0 spiro atoms. The summed E-state index contributed by atoms with van der Waals surface area (Å²) in [7, 11) is 0. The molecule has 5 heteroatoms. The van der Waals surface area contributed by atoms with Crippen molar-refractivity contribution in [2.75, 3.05) is 6.54 Å². The Hall–Kier alpha value is -1.62. The van der Waals surface area contributed by atoms with Crippen LogP contribution >= 0.6 is 0 Å². The zero-order valence-corrected chi connectivity index (χ0v) is 13.8. The summed E-state index contributed by atoms with van der Waals surface area (Å²) >= 11 is 0. The smallest absolute Gasteiger partial charge is 0.0693 e. The fourth-order valence-electron chi connectivity index (χ4n) is 2.46. The number of hydrogen-bond acceptors (Lipinski definition) is 3. The van der Waals surface area contributed by atoms with Gasteiger partial charge in [-0.1, -0.05) is 13.8 Å². The van der Waals surface area contributed by atoms with E-state index in [-0.39, 0.29) is 0 Å². The highest BCUT2D eigenvalue weighted by molar-refractivity contribution is 5.25. The topological polar surface area (TPSA) is 47.7 Å². The molecule has 116 valence electrons. The van der Waals surface area contributed by atoms with Crippen molar-refractivity contribution in [3.63, 3.8) is 0 Å². The van der Waals surface area contributed by atoms with Crippen molar-refractivity contribution in [3.8, 4) is 0 Å². The van der Waals surface area contributed by atoms with E-state index in [0.29, 0.717) is 5.92 Å². The number of aryl methyl sites for hydroxylation is 2. The number of rotatable bonds is 7. The van der Waals surface area contributed by atoms with Crippen LogP contribution in [0.3, 0.4) is 0 Å². The molecule has 2 rings (SSSR count). The lowest BCUT2D eigenvalue weighted by Crippen LogP contribution is -2.19. The molecule has 2 heterocycles. The fourth-order valence-corrected chi connectivity index (χ4v) is 2.46. The van der Waals surface area contributed by atoms with Gasteiger partial charge in [0.2, 0.25) is 0 Å². The summed E-state index contributed by atoms with van der Waals surface area (Å²) in [5, 5.41) is 12.5. The zero-order valence-electron chi connectivity index (χ0n) is 13.8. The molecule has 0 aliphatic rings. The minimum atomic E-state index is 0.667. The average Bonchev–Trinajstić information content (AvgIpc) is 2.98. The Balaban J connectivity index is 2.07. The average molecular weight is 289 g/mol. The molecule has 0 saturated carbocycles. The van der Waals surface area contributed by atoms with Crippen LogP contribution in [0.4, 0.5) is 0 Å². The lowest BCUT2D eigenvalue weighted by Gasteiger charge is -2.08. The van der Waals surface area contributed by atoms with Crippen molar-refractivity contribution < 1.29 is 0 Å². The molecule has 2 aromatic rings. The molecule has 2 aromatic heterocycles. The van der Waals surface area contributed by atoms with Gasteiger partial charge < -0.3 is 5.32 Å². The predicted molar refractivity (Wildman–Crippen MR) is 85.2 cm³/mol. The molecule has 0 atom stereocenters. The Kier molecular flexibility index (Phi) is 5.17. The lowest BCUT2D eigenvalue weighted by atomic mass is 10.1. The van der Waals surface area contributed by atoms with Crippen molar-refractivity contribution in [2.45, 2.75) is 54.3 Å². The Morgan fingerprint density at radius 1 is 1.29 bits per heavy atom. The monoisotopic (exact) mass is 289 g/mol. The van der Waals surface area contributed by atoms with Crippen LogP contribution < -0.4 is 5.32 Å². The highest BCUT2D eigenvalue weighted by atomic mass is 15.3. The highest BCUT2D eigenvalue weighted by Gasteiger charge is 2.12. The van der Waals surface area contributed by atoms with E-state index in [2.05, 4.69) is 61.0 Å². The van der Waals surface area contributed by atoms with Gasteiger partial charge in [-0.3, -0.25) is 9.36 Å². The molecule has 0 aliphatic carbocycles. The molecule has 0 aromatic carbocycles. The maximum Gasteiger partial charge on any atom is 0.0693 e. The van der Waals surface area contributed by atoms with Crippen molar-refractivity contribution in [1.29, 1.82) is 0 Å².